The van der Waals surface area contributed by atoms with Gasteiger partial charge in [0.15, 0.2) is 0 Å². The van der Waals surface area contributed by atoms with E-state index >= 15 is 0 Å². The molecule has 0 spiro atoms. The largest absolute Gasteiger partial charge is 0.488 e. The Labute approximate surface area is 150 Å². The van der Waals surface area contributed by atoms with E-state index in [1.54, 1.807) is 24.5 Å². The lowest BCUT2D eigenvalue weighted by molar-refractivity contribution is -0.00291. The Morgan fingerprint density at radius 3 is 2.58 bits per heavy atom. The van der Waals surface area contributed by atoms with Crippen molar-refractivity contribution in [1.82, 2.24) is 15.3 Å². The standard InChI is InChI=1S/C19H20FN3O3/c20-14-3-5-15(6-4-14)26-17-7-8-25-11-16(17)23-19(24)13-9-21-18(22-10-13)12-1-2-12/h3-6,9-10,12,16-17H,1-2,7-8,11H2,(H,23,24)/t16-,17+/m1/s1. The zero-order valence-electron chi connectivity index (χ0n) is 14.2. The molecule has 1 amide bonds. The highest BCUT2D eigenvalue weighted by atomic mass is 19.1. The van der Waals surface area contributed by atoms with Crippen LogP contribution in [0, 0.1) is 5.82 Å². The maximum absolute atomic E-state index is 13.0. The van der Waals surface area contributed by atoms with E-state index in [4.69, 9.17) is 9.47 Å². The summed E-state index contributed by atoms with van der Waals surface area (Å²) in [7, 11) is 0. The highest BCUT2D eigenvalue weighted by molar-refractivity contribution is 5.93. The number of carbonyl (C=O) groups excluding carboxylic acids is 1. The summed E-state index contributed by atoms with van der Waals surface area (Å²) in [5, 5.41) is 2.94. The van der Waals surface area contributed by atoms with Gasteiger partial charge >= 0.3 is 0 Å². The average molecular weight is 357 g/mol. The molecule has 0 bridgehead atoms. The number of rotatable bonds is 5. The van der Waals surface area contributed by atoms with E-state index in [0.29, 0.717) is 36.9 Å². The number of ether oxygens (including phenoxy) is 2. The zero-order valence-corrected chi connectivity index (χ0v) is 14.2. The number of amides is 1. The minimum atomic E-state index is -0.316. The normalized spacial score (nSPS) is 22.7. The third-order valence-corrected chi connectivity index (χ3v) is 4.59. The van der Waals surface area contributed by atoms with Crippen molar-refractivity contribution in [3.63, 3.8) is 0 Å². The molecule has 7 heteroatoms. The Kier molecular flexibility index (Phi) is 4.79. The summed E-state index contributed by atoms with van der Waals surface area (Å²) < 4.78 is 24.4. The van der Waals surface area contributed by atoms with Gasteiger partial charge in [-0.25, -0.2) is 14.4 Å². The van der Waals surface area contributed by atoms with Gasteiger partial charge in [-0.05, 0) is 37.1 Å². The Hall–Kier alpha value is -2.54. The maximum Gasteiger partial charge on any atom is 0.254 e. The van der Waals surface area contributed by atoms with Gasteiger partial charge < -0.3 is 14.8 Å². The first-order valence-corrected chi connectivity index (χ1v) is 8.82. The first-order valence-electron chi connectivity index (χ1n) is 8.82. The van der Waals surface area contributed by atoms with E-state index in [0.717, 1.165) is 18.7 Å². The van der Waals surface area contributed by atoms with E-state index in [2.05, 4.69) is 15.3 Å². The monoisotopic (exact) mass is 357 g/mol. The average Bonchev–Trinajstić information content (AvgIpc) is 3.50. The van der Waals surface area contributed by atoms with Crippen molar-refractivity contribution in [1.29, 1.82) is 0 Å². The number of benzene rings is 1. The molecule has 2 heterocycles. The van der Waals surface area contributed by atoms with Crippen LogP contribution in [0.25, 0.3) is 0 Å². The second kappa shape index (κ2) is 7.37. The van der Waals surface area contributed by atoms with E-state index in [1.165, 1.54) is 12.1 Å². The Bertz CT molecular complexity index is 763. The van der Waals surface area contributed by atoms with Crippen molar-refractivity contribution in [2.24, 2.45) is 0 Å². The van der Waals surface area contributed by atoms with Crippen molar-refractivity contribution >= 4 is 5.91 Å². The third kappa shape index (κ3) is 3.99. The molecule has 4 rings (SSSR count). The fraction of sp³-hybridized carbons (Fsp3) is 0.421. The fourth-order valence-corrected chi connectivity index (χ4v) is 2.94. The van der Waals surface area contributed by atoms with Crippen LogP contribution in [0.4, 0.5) is 4.39 Å². The molecule has 0 unspecified atom stereocenters. The maximum atomic E-state index is 13.0. The summed E-state index contributed by atoms with van der Waals surface area (Å²) in [5.74, 6) is 1.25. The molecule has 1 saturated carbocycles. The van der Waals surface area contributed by atoms with Gasteiger partial charge in [0, 0.05) is 24.7 Å². The molecule has 1 aromatic carbocycles. The van der Waals surface area contributed by atoms with Gasteiger partial charge in [0.05, 0.1) is 24.8 Å². The smallest absolute Gasteiger partial charge is 0.254 e. The number of aromatic nitrogens is 2. The molecule has 1 aromatic heterocycles. The predicted octanol–water partition coefficient (Wildman–Crippen LogP) is 2.46. The molecule has 2 fully saturated rings. The fourth-order valence-electron chi connectivity index (χ4n) is 2.94. The van der Waals surface area contributed by atoms with E-state index in [-0.39, 0.29) is 23.9 Å². The summed E-state index contributed by atoms with van der Waals surface area (Å²) in [6.45, 7) is 0.913. The van der Waals surface area contributed by atoms with Crippen molar-refractivity contribution in [2.45, 2.75) is 37.3 Å². The SMILES string of the molecule is O=C(N[C@@H]1COCC[C@@H]1Oc1ccc(F)cc1)c1cnc(C2CC2)nc1. The predicted molar refractivity (Wildman–Crippen MR) is 91.5 cm³/mol. The molecule has 0 radical (unpaired) electrons. The third-order valence-electron chi connectivity index (χ3n) is 4.59. The summed E-state index contributed by atoms with van der Waals surface area (Å²) >= 11 is 0. The first kappa shape index (κ1) is 16.9. The van der Waals surface area contributed by atoms with Gasteiger partial charge in [-0.2, -0.15) is 0 Å². The zero-order chi connectivity index (χ0) is 17.9. The Balaban J connectivity index is 1.40. The molecular formula is C19H20FN3O3. The lowest BCUT2D eigenvalue weighted by atomic mass is 10.1. The van der Waals surface area contributed by atoms with Crippen LogP contribution in [0.15, 0.2) is 36.7 Å². The van der Waals surface area contributed by atoms with Crippen molar-refractivity contribution in [2.75, 3.05) is 13.2 Å². The van der Waals surface area contributed by atoms with Crippen molar-refractivity contribution in [3.05, 3.63) is 53.9 Å². The summed E-state index contributed by atoms with van der Waals surface area (Å²) in [4.78, 5) is 21.1. The molecule has 2 aromatic rings. The van der Waals surface area contributed by atoms with Gasteiger partial charge in [0.2, 0.25) is 0 Å². The minimum Gasteiger partial charge on any atom is -0.488 e. The molecule has 1 aliphatic heterocycles. The van der Waals surface area contributed by atoms with Crippen LogP contribution >= 0.6 is 0 Å². The topological polar surface area (TPSA) is 73.3 Å². The van der Waals surface area contributed by atoms with E-state index < -0.39 is 0 Å². The molecule has 26 heavy (non-hydrogen) atoms. The second-order valence-electron chi connectivity index (χ2n) is 6.66. The summed E-state index contributed by atoms with van der Waals surface area (Å²) in [6, 6.07) is 5.55. The molecular weight excluding hydrogens is 337 g/mol. The van der Waals surface area contributed by atoms with Crippen LogP contribution in [-0.2, 0) is 4.74 Å². The second-order valence-corrected chi connectivity index (χ2v) is 6.66. The number of nitrogens with zero attached hydrogens (tertiary/aromatic N) is 2. The van der Waals surface area contributed by atoms with Gasteiger partial charge in [0.1, 0.15) is 23.5 Å². The highest BCUT2D eigenvalue weighted by Gasteiger charge is 2.30. The quantitative estimate of drug-likeness (QED) is 0.890. The number of hydrogen-bond donors (Lipinski definition) is 1. The lowest BCUT2D eigenvalue weighted by Crippen LogP contribution is -2.51. The molecule has 1 saturated heterocycles. The lowest BCUT2D eigenvalue weighted by Gasteiger charge is -2.32. The minimum absolute atomic E-state index is 0.246. The Morgan fingerprint density at radius 1 is 1.15 bits per heavy atom. The highest BCUT2D eigenvalue weighted by Crippen LogP contribution is 2.37. The van der Waals surface area contributed by atoms with Crippen molar-refractivity contribution < 1.29 is 18.7 Å². The van der Waals surface area contributed by atoms with Gasteiger partial charge in [-0.3, -0.25) is 4.79 Å². The molecule has 136 valence electrons. The number of hydrogen-bond acceptors (Lipinski definition) is 5. The first-order chi connectivity index (χ1) is 12.7. The van der Waals surface area contributed by atoms with Crippen LogP contribution in [-0.4, -0.2) is 41.2 Å². The number of carbonyl (C=O) groups is 1. The molecule has 2 atom stereocenters. The van der Waals surface area contributed by atoms with Crippen LogP contribution in [0.5, 0.6) is 5.75 Å². The van der Waals surface area contributed by atoms with Crippen LogP contribution < -0.4 is 10.1 Å². The van der Waals surface area contributed by atoms with Crippen molar-refractivity contribution in [3.8, 4) is 5.75 Å². The Morgan fingerprint density at radius 2 is 1.88 bits per heavy atom. The van der Waals surface area contributed by atoms with Gasteiger partial charge in [-0.15, -0.1) is 0 Å². The number of halogens is 1. The number of nitrogens with one attached hydrogen (secondary N) is 1. The molecule has 6 nitrogen and oxygen atoms in total. The van der Waals surface area contributed by atoms with Gasteiger partial charge in [-0.1, -0.05) is 0 Å². The van der Waals surface area contributed by atoms with Crippen LogP contribution in [0.3, 0.4) is 0 Å². The molecule has 1 aliphatic carbocycles. The van der Waals surface area contributed by atoms with Crippen LogP contribution in [0.2, 0.25) is 0 Å². The summed E-state index contributed by atoms with van der Waals surface area (Å²) in [5.41, 5.74) is 0.417. The van der Waals surface area contributed by atoms with E-state index in [1.807, 2.05) is 0 Å². The van der Waals surface area contributed by atoms with E-state index in [9.17, 15) is 9.18 Å². The molecule has 1 N–H and O–H groups in total. The summed E-state index contributed by atoms with van der Waals surface area (Å²) in [6.07, 6.45) is 5.76. The van der Waals surface area contributed by atoms with Gasteiger partial charge in [0.25, 0.3) is 5.91 Å². The van der Waals surface area contributed by atoms with Crippen LogP contribution in [0.1, 0.15) is 41.4 Å². The molecule has 2 aliphatic rings.